The van der Waals surface area contributed by atoms with Crippen molar-refractivity contribution in [2.75, 3.05) is 4.90 Å². The van der Waals surface area contributed by atoms with E-state index in [9.17, 15) is 47.5 Å². The first-order valence-electron chi connectivity index (χ1n) is 16.9. The monoisotopic (exact) mass is 741 g/mol. The lowest BCUT2D eigenvalue weighted by atomic mass is 9.99. The van der Waals surface area contributed by atoms with Gasteiger partial charge in [0.15, 0.2) is 0 Å². The van der Waals surface area contributed by atoms with E-state index in [0.29, 0.717) is 35.8 Å². The van der Waals surface area contributed by atoms with Crippen LogP contribution in [0.15, 0.2) is 47.4 Å². The molecule has 7 rings (SSSR count). The molecule has 270 valence electrons. The van der Waals surface area contributed by atoms with Crippen LogP contribution in [-0.2, 0) is 18.9 Å². The lowest BCUT2D eigenvalue weighted by molar-refractivity contribution is -0.147. The second-order valence-corrected chi connectivity index (χ2v) is 16.7. The highest BCUT2D eigenvalue weighted by atomic mass is 32.1. The van der Waals surface area contributed by atoms with E-state index in [1.165, 1.54) is 52.1 Å². The summed E-state index contributed by atoms with van der Waals surface area (Å²) in [6, 6.07) is 4.83. The van der Waals surface area contributed by atoms with Gasteiger partial charge in [0.1, 0.15) is 17.6 Å². The lowest BCUT2D eigenvalue weighted by Gasteiger charge is -2.36. The molecule has 1 aromatic carbocycles. The van der Waals surface area contributed by atoms with Gasteiger partial charge in [0, 0.05) is 29.0 Å². The molecule has 1 unspecified atom stereocenters. The molecule has 4 atom stereocenters. The van der Waals surface area contributed by atoms with Gasteiger partial charge in [-0.2, -0.15) is 0 Å². The van der Waals surface area contributed by atoms with Gasteiger partial charge in [-0.3, -0.25) is 28.5 Å². The Kier molecular flexibility index (Phi) is 8.80. The number of halogens is 1. The highest BCUT2D eigenvalue weighted by molar-refractivity contribution is 7.51. The fraction of sp³-hybridized carbons (Fsp3) is 0.471. The molecular formula is C34H37FN5O9PS. The standard InChI is InChI=1S/C34H37FN5O9PS/c1-18(2)37-14-11-22(17-27(37)41)39-32(45)34(12-13-34)40(33(39)46)31(44)24-9-8-21-5-3-4-6-23(30(43)38(21)24)36-29(42)26-16-20-15-19(7-10-25(20)51-26)28(35)50(47,48)49/h7,10-11,14-18,21,23-24,28H,3-6,8-9,12-13H2,1-2H3,(H,36,42)(H2,47,48,49)/t21-,23-,24-,28?/m0/s1. The first kappa shape index (κ1) is 35.2. The van der Waals surface area contributed by atoms with Crippen molar-refractivity contribution in [1.29, 1.82) is 0 Å². The fourth-order valence-corrected chi connectivity index (χ4v) is 9.11. The number of benzene rings is 1. The Hall–Kier alpha value is -4.24. The number of anilines is 1. The van der Waals surface area contributed by atoms with Crippen LogP contribution >= 0.6 is 18.9 Å². The summed E-state index contributed by atoms with van der Waals surface area (Å²) in [7, 11) is -5.03. The van der Waals surface area contributed by atoms with E-state index in [1.54, 1.807) is 0 Å². The smallest absolute Gasteiger partial charge is 0.340 e. The number of urea groups is 1. The zero-order chi connectivity index (χ0) is 36.6. The van der Waals surface area contributed by atoms with Crippen molar-refractivity contribution in [2.24, 2.45) is 0 Å². The number of rotatable bonds is 7. The van der Waals surface area contributed by atoms with Crippen LogP contribution < -0.4 is 15.8 Å². The summed E-state index contributed by atoms with van der Waals surface area (Å²) >= 11 is 1.07. The zero-order valence-electron chi connectivity index (χ0n) is 27.9. The first-order valence-corrected chi connectivity index (χ1v) is 19.4. The summed E-state index contributed by atoms with van der Waals surface area (Å²) < 4.78 is 27.8. The van der Waals surface area contributed by atoms with Gasteiger partial charge in [-0.15, -0.1) is 11.3 Å². The molecule has 3 aromatic rings. The number of alkyl halides is 1. The van der Waals surface area contributed by atoms with Crippen LogP contribution in [0.2, 0.25) is 0 Å². The number of aromatic nitrogens is 1. The number of carbonyl (C=O) groups is 5. The maximum Gasteiger partial charge on any atom is 0.363 e. The molecule has 2 aromatic heterocycles. The van der Waals surface area contributed by atoms with E-state index in [0.717, 1.165) is 27.6 Å². The maximum atomic E-state index is 14.3. The van der Waals surface area contributed by atoms with Crippen LogP contribution in [0.4, 0.5) is 14.9 Å². The third-order valence-electron chi connectivity index (χ3n) is 10.4. The van der Waals surface area contributed by atoms with Gasteiger partial charge in [0.2, 0.25) is 11.8 Å². The van der Waals surface area contributed by atoms with Crippen LogP contribution in [0.25, 0.3) is 10.1 Å². The number of fused-ring (bicyclic) bond motifs is 2. The van der Waals surface area contributed by atoms with Crippen LogP contribution in [0.5, 0.6) is 0 Å². The number of hydrogen-bond acceptors (Lipinski definition) is 8. The zero-order valence-corrected chi connectivity index (χ0v) is 29.6. The molecule has 5 heterocycles. The fourth-order valence-electron chi connectivity index (χ4n) is 7.61. The summed E-state index contributed by atoms with van der Waals surface area (Å²) in [6.07, 6.45) is 5.14. The van der Waals surface area contributed by atoms with Crippen LogP contribution in [0.1, 0.15) is 92.4 Å². The average Bonchev–Trinajstić information content (AvgIpc) is 3.47. The molecule has 6 amide bonds. The Morgan fingerprint density at radius 2 is 1.73 bits per heavy atom. The van der Waals surface area contributed by atoms with E-state index in [-0.39, 0.29) is 47.5 Å². The molecule has 3 N–H and O–H groups in total. The normalized spacial score (nSPS) is 23.9. The van der Waals surface area contributed by atoms with E-state index in [2.05, 4.69) is 5.32 Å². The molecule has 14 nitrogen and oxygen atoms in total. The Bertz CT molecular complexity index is 2090. The Morgan fingerprint density at radius 3 is 2.39 bits per heavy atom. The van der Waals surface area contributed by atoms with Gasteiger partial charge >= 0.3 is 13.6 Å². The molecule has 0 radical (unpaired) electrons. The first-order chi connectivity index (χ1) is 24.1. The van der Waals surface area contributed by atoms with Crippen LogP contribution in [-0.4, -0.2) is 77.5 Å². The van der Waals surface area contributed by atoms with Crippen molar-refractivity contribution in [2.45, 2.75) is 101 Å². The predicted molar refractivity (Wildman–Crippen MR) is 184 cm³/mol. The van der Waals surface area contributed by atoms with E-state index in [4.69, 9.17) is 0 Å². The third-order valence-corrected chi connectivity index (χ3v) is 12.4. The quantitative estimate of drug-likeness (QED) is 0.234. The summed E-state index contributed by atoms with van der Waals surface area (Å²) in [5.74, 6) is -4.79. The summed E-state index contributed by atoms with van der Waals surface area (Å²) in [5.41, 5.74) is -1.91. The van der Waals surface area contributed by atoms with Gasteiger partial charge < -0.3 is 24.6 Å². The minimum atomic E-state index is -5.03. The second-order valence-electron chi connectivity index (χ2n) is 14.0. The van der Waals surface area contributed by atoms with E-state index < -0.39 is 66.4 Å². The predicted octanol–water partition coefficient (Wildman–Crippen LogP) is 4.35. The number of hydrogen-bond donors (Lipinski definition) is 3. The van der Waals surface area contributed by atoms with Crippen molar-refractivity contribution in [3.63, 3.8) is 0 Å². The summed E-state index contributed by atoms with van der Waals surface area (Å²) in [4.78, 5) is 104. The number of imide groups is 2. The molecule has 3 saturated heterocycles. The average molecular weight is 742 g/mol. The van der Waals surface area contributed by atoms with Crippen LogP contribution in [0.3, 0.4) is 0 Å². The Labute approximate surface area is 295 Å². The Morgan fingerprint density at radius 1 is 1.00 bits per heavy atom. The van der Waals surface area contributed by atoms with Gasteiger partial charge in [0.25, 0.3) is 23.3 Å². The van der Waals surface area contributed by atoms with Gasteiger partial charge in [-0.05, 0) is 87.6 Å². The molecule has 1 saturated carbocycles. The number of thiophene rings is 1. The van der Waals surface area contributed by atoms with Crippen molar-refractivity contribution in [3.05, 3.63) is 63.4 Å². The van der Waals surface area contributed by atoms with Gasteiger partial charge in [0.05, 0.1) is 10.6 Å². The topological polar surface area (TPSA) is 187 Å². The van der Waals surface area contributed by atoms with Crippen LogP contribution in [0, 0.1) is 0 Å². The van der Waals surface area contributed by atoms with Crippen molar-refractivity contribution >= 4 is 64.4 Å². The SMILES string of the molecule is CC(C)n1ccc(N2C(=O)N(C(=O)[C@@H]3CC[C@@H]4CCCC[C@H](NC(=O)c5cc6cc(C(F)P(=O)(O)O)ccc6s5)C(=O)N43)C3(CC3)C2=O)cc1=O. The van der Waals surface area contributed by atoms with E-state index >= 15 is 0 Å². The minimum Gasteiger partial charge on any atom is -0.340 e. The van der Waals surface area contributed by atoms with Gasteiger partial charge in [-0.25, -0.2) is 19.0 Å². The number of pyridine rings is 1. The molecule has 0 bridgehead atoms. The molecule has 4 aliphatic rings. The Balaban J connectivity index is 1.12. The highest BCUT2D eigenvalue weighted by Gasteiger charge is 2.68. The number of amides is 6. The summed E-state index contributed by atoms with van der Waals surface area (Å²) in [6.45, 7) is 3.65. The third kappa shape index (κ3) is 6.01. The van der Waals surface area contributed by atoms with Crippen molar-refractivity contribution in [1.82, 2.24) is 19.7 Å². The molecule has 1 aliphatic carbocycles. The highest BCUT2D eigenvalue weighted by Crippen LogP contribution is 2.53. The maximum absolute atomic E-state index is 14.3. The van der Waals surface area contributed by atoms with E-state index in [1.807, 2.05) is 13.8 Å². The van der Waals surface area contributed by atoms with Crippen molar-refractivity contribution < 1.29 is 42.7 Å². The molecule has 1 spiro atoms. The number of nitrogens with one attached hydrogen (secondary N) is 1. The van der Waals surface area contributed by atoms with Gasteiger partial charge in [-0.1, -0.05) is 18.9 Å². The molecular weight excluding hydrogens is 704 g/mol. The van der Waals surface area contributed by atoms with Crippen molar-refractivity contribution in [3.8, 4) is 0 Å². The largest absolute Gasteiger partial charge is 0.363 e. The lowest BCUT2D eigenvalue weighted by Crippen LogP contribution is -2.58. The minimum absolute atomic E-state index is 0.0756. The summed E-state index contributed by atoms with van der Waals surface area (Å²) in [5, 5.41) is 3.21. The molecule has 3 aliphatic heterocycles. The number of carbonyl (C=O) groups excluding carboxylic acids is 5. The molecule has 4 fully saturated rings. The second kappa shape index (κ2) is 12.8. The molecule has 51 heavy (non-hydrogen) atoms. The molecule has 17 heteroatoms. The number of nitrogens with zero attached hydrogens (tertiary/aromatic N) is 4.